The van der Waals surface area contributed by atoms with Gasteiger partial charge in [-0.3, -0.25) is 0 Å². The van der Waals surface area contributed by atoms with Crippen molar-refractivity contribution in [2.45, 2.75) is 6.61 Å². The molecule has 1 aromatic heterocycles. The summed E-state index contributed by atoms with van der Waals surface area (Å²) in [5.74, 6) is 0.403. The molecule has 0 bridgehead atoms. The van der Waals surface area contributed by atoms with Gasteiger partial charge in [0.25, 0.3) is 0 Å². The van der Waals surface area contributed by atoms with E-state index >= 15 is 0 Å². The number of nitrogens with zero attached hydrogens (tertiary/aromatic N) is 1. The highest BCUT2D eigenvalue weighted by atomic mass is 16.5. The van der Waals surface area contributed by atoms with Crippen molar-refractivity contribution < 1.29 is 14.3 Å². The second kappa shape index (κ2) is 5.93. The number of benzene rings is 2. The topological polar surface area (TPSA) is 40.5 Å². The minimum Gasteiger partial charge on any atom is -0.488 e. The molecular weight excluding hydrogens is 278 g/mol. The number of esters is 1. The standard InChI is InChI=1S/C18H17NO3/c1-19-15-9-6-10-17(14(15)11-16(19)18(20)21-2)22-12-13-7-4-3-5-8-13/h3-11H,12H2,1-2H3. The van der Waals surface area contributed by atoms with E-state index in [9.17, 15) is 4.79 Å². The van der Waals surface area contributed by atoms with E-state index in [0.717, 1.165) is 22.2 Å². The van der Waals surface area contributed by atoms with Crippen LogP contribution in [-0.4, -0.2) is 17.6 Å². The third kappa shape index (κ3) is 2.55. The largest absolute Gasteiger partial charge is 0.488 e. The Hall–Kier alpha value is -2.75. The zero-order valence-corrected chi connectivity index (χ0v) is 12.6. The van der Waals surface area contributed by atoms with Gasteiger partial charge in [-0.15, -0.1) is 0 Å². The molecule has 112 valence electrons. The fourth-order valence-electron chi connectivity index (χ4n) is 2.49. The number of methoxy groups -OCH3 is 1. The van der Waals surface area contributed by atoms with E-state index in [4.69, 9.17) is 9.47 Å². The first-order valence-electron chi connectivity index (χ1n) is 7.04. The predicted molar refractivity (Wildman–Crippen MR) is 85.0 cm³/mol. The Morgan fingerprint density at radius 3 is 2.59 bits per heavy atom. The molecule has 3 rings (SSSR count). The van der Waals surface area contributed by atoms with Crippen molar-refractivity contribution in [2.75, 3.05) is 7.11 Å². The van der Waals surface area contributed by atoms with Crippen LogP contribution in [0, 0.1) is 0 Å². The minimum atomic E-state index is -0.354. The number of aromatic nitrogens is 1. The molecule has 0 aliphatic carbocycles. The summed E-state index contributed by atoms with van der Waals surface area (Å²) in [6.07, 6.45) is 0. The van der Waals surface area contributed by atoms with Crippen LogP contribution in [0.2, 0.25) is 0 Å². The van der Waals surface area contributed by atoms with Gasteiger partial charge in [-0.25, -0.2) is 4.79 Å². The third-order valence-electron chi connectivity index (χ3n) is 3.68. The molecule has 0 spiro atoms. The van der Waals surface area contributed by atoms with E-state index in [-0.39, 0.29) is 5.97 Å². The molecule has 0 saturated carbocycles. The van der Waals surface area contributed by atoms with Crippen molar-refractivity contribution in [3.8, 4) is 5.75 Å². The average molecular weight is 295 g/mol. The molecule has 3 aromatic rings. The fraction of sp³-hybridized carbons (Fsp3) is 0.167. The van der Waals surface area contributed by atoms with Crippen molar-refractivity contribution in [3.05, 3.63) is 65.9 Å². The Bertz CT molecular complexity index is 806. The van der Waals surface area contributed by atoms with Crippen LogP contribution in [0.5, 0.6) is 5.75 Å². The molecular formula is C18H17NO3. The van der Waals surface area contributed by atoms with Crippen molar-refractivity contribution in [1.29, 1.82) is 0 Å². The van der Waals surface area contributed by atoms with Crippen LogP contribution in [0.1, 0.15) is 16.1 Å². The Morgan fingerprint density at radius 2 is 1.86 bits per heavy atom. The van der Waals surface area contributed by atoms with Crippen molar-refractivity contribution >= 4 is 16.9 Å². The van der Waals surface area contributed by atoms with Gasteiger partial charge in [0.2, 0.25) is 0 Å². The van der Waals surface area contributed by atoms with Gasteiger partial charge in [-0.2, -0.15) is 0 Å². The van der Waals surface area contributed by atoms with Crippen molar-refractivity contribution in [1.82, 2.24) is 4.57 Å². The van der Waals surface area contributed by atoms with Crippen molar-refractivity contribution in [3.63, 3.8) is 0 Å². The molecule has 0 atom stereocenters. The summed E-state index contributed by atoms with van der Waals surface area (Å²) in [6, 6.07) is 17.6. The summed E-state index contributed by atoms with van der Waals surface area (Å²) >= 11 is 0. The molecule has 0 aliphatic rings. The van der Waals surface area contributed by atoms with Gasteiger partial charge in [-0.05, 0) is 23.8 Å². The van der Waals surface area contributed by atoms with E-state index < -0.39 is 0 Å². The minimum absolute atomic E-state index is 0.354. The normalized spacial score (nSPS) is 10.6. The molecule has 22 heavy (non-hydrogen) atoms. The van der Waals surface area contributed by atoms with Crippen LogP contribution >= 0.6 is 0 Å². The highest BCUT2D eigenvalue weighted by molar-refractivity contribution is 5.97. The maximum Gasteiger partial charge on any atom is 0.354 e. The SMILES string of the molecule is COC(=O)c1cc2c(OCc3ccccc3)cccc2n1C. The molecule has 0 saturated heterocycles. The second-order valence-corrected chi connectivity index (χ2v) is 5.04. The van der Waals surface area contributed by atoms with E-state index in [2.05, 4.69) is 0 Å². The molecule has 0 radical (unpaired) electrons. The number of carbonyl (C=O) groups excluding carboxylic acids is 1. The summed E-state index contributed by atoms with van der Waals surface area (Å²) in [5, 5.41) is 0.904. The van der Waals surface area contributed by atoms with E-state index in [1.807, 2.05) is 66.2 Å². The van der Waals surface area contributed by atoms with Crippen LogP contribution in [0.25, 0.3) is 10.9 Å². The molecule has 4 nitrogen and oxygen atoms in total. The van der Waals surface area contributed by atoms with E-state index in [1.165, 1.54) is 7.11 Å². The highest BCUT2D eigenvalue weighted by Crippen LogP contribution is 2.29. The highest BCUT2D eigenvalue weighted by Gasteiger charge is 2.16. The first kappa shape index (κ1) is 14.2. The monoisotopic (exact) mass is 295 g/mol. The van der Waals surface area contributed by atoms with E-state index in [1.54, 1.807) is 0 Å². The van der Waals surface area contributed by atoms with Crippen LogP contribution in [-0.2, 0) is 18.4 Å². The average Bonchev–Trinajstić information content (AvgIpc) is 2.91. The summed E-state index contributed by atoms with van der Waals surface area (Å²) in [5.41, 5.74) is 2.54. The fourth-order valence-corrected chi connectivity index (χ4v) is 2.49. The number of hydrogen-bond donors (Lipinski definition) is 0. The number of hydrogen-bond acceptors (Lipinski definition) is 3. The number of fused-ring (bicyclic) bond motifs is 1. The predicted octanol–water partition coefficient (Wildman–Crippen LogP) is 3.54. The summed E-state index contributed by atoms with van der Waals surface area (Å²) in [4.78, 5) is 11.8. The molecule has 0 amide bonds. The van der Waals surface area contributed by atoms with Gasteiger partial charge in [0.05, 0.1) is 12.6 Å². The summed E-state index contributed by atoms with van der Waals surface area (Å²) in [6.45, 7) is 0.488. The number of rotatable bonds is 4. The van der Waals surface area contributed by atoms with Gasteiger partial charge in [0, 0.05) is 12.4 Å². The lowest BCUT2D eigenvalue weighted by molar-refractivity contribution is 0.0590. The molecule has 0 N–H and O–H groups in total. The molecule has 0 unspecified atom stereocenters. The Labute approximate surface area is 128 Å². The van der Waals surface area contributed by atoms with Crippen LogP contribution < -0.4 is 4.74 Å². The van der Waals surface area contributed by atoms with Crippen LogP contribution in [0.3, 0.4) is 0 Å². The molecule has 4 heteroatoms. The first-order chi connectivity index (χ1) is 10.7. The first-order valence-corrected chi connectivity index (χ1v) is 7.04. The lowest BCUT2D eigenvalue weighted by Crippen LogP contribution is -2.06. The zero-order valence-electron chi connectivity index (χ0n) is 12.6. The van der Waals surface area contributed by atoms with Gasteiger partial charge in [-0.1, -0.05) is 36.4 Å². The third-order valence-corrected chi connectivity index (χ3v) is 3.68. The number of carbonyl (C=O) groups is 1. The maximum atomic E-state index is 11.8. The Balaban J connectivity index is 1.95. The van der Waals surface area contributed by atoms with Gasteiger partial charge in [0.15, 0.2) is 0 Å². The number of aryl methyl sites for hydroxylation is 1. The molecule has 1 heterocycles. The summed E-state index contributed by atoms with van der Waals surface area (Å²) in [7, 11) is 3.22. The van der Waals surface area contributed by atoms with Gasteiger partial charge >= 0.3 is 5.97 Å². The number of ether oxygens (including phenoxy) is 2. The zero-order chi connectivity index (χ0) is 15.5. The second-order valence-electron chi connectivity index (χ2n) is 5.04. The molecule has 0 aliphatic heterocycles. The van der Waals surface area contributed by atoms with E-state index in [0.29, 0.717) is 12.3 Å². The Morgan fingerprint density at radius 1 is 1.09 bits per heavy atom. The quantitative estimate of drug-likeness (QED) is 0.691. The van der Waals surface area contributed by atoms with Gasteiger partial charge in [0.1, 0.15) is 18.1 Å². The smallest absolute Gasteiger partial charge is 0.354 e. The van der Waals surface area contributed by atoms with Crippen LogP contribution in [0.4, 0.5) is 0 Å². The molecule has 2 aromatic carbocycles. The Kier molecular flexibility index (Phi) is 3.83. The van der Waals surface area contributed by atoms with Crippen LogP contribution in [0.15, 0.2) is 54.6 Å². The lowest BCUT2D eigenvalue weighted by atomic mass is 10.2. The lowest BCUT2D eigenvalue weighted by Gasteiger charge is -2.08. The summed E-state index contributed by atoms with van der Waals surface area (Å²) < 4.78 is 12.6. The molecule has 0 fully saturated rings. The van der Waals surface area contributed by atoms with Crippen molar-refractivity contribution in [2.24, 2.45) is 7.05 Å². The van der Waals surface area contributed by atoms with Gasteiger partial charge < -0.3 is 14.0 Å². The maximum absolute atomic E-state index is 11.8.